The SMILES string of the molecule is [B][C@@H]1O[C@H](C(C)C)C(O[P+](=O)OCC[C@H]2O[C@@H](C)[C@@H](C)C2OC(C)C)[C@@H]1C. The van der Waals surface area contributed by atoms with Gasteiger partial charge in [-0.1, -0.05) is 27.7 Å². The Kier molecular flexibility index (Phi) is 8.72. The first-order valence-electron chi connectivity index (χ1n) is 10.1. The standard InChI is InChI=1S/C19H35BO6P/c1-10(2)16-18(13(6)19(20)25-16)26-27(21)22-9-8-15-17(23-11(3)4)12(5)14(7)24-15/h10-19H,8-9H2,1-7H3/q+1/t12-,13+,14+,15-,16-,17?,18?,19-/m1/s1. The number of hydrogen-bond donors (Lipinski definition) is 0. The molecule has 0 aromatic rings. The quantitative estimate of drug-likeness (QED) is 0.432. The zero-order valence-electron chi connectivity index (χ0n) is 17.7. The first-order valence-corrected chi connectivity index (χ1v) is 11.2. The lowest BCUT2D eigenvalue weighted by Gasteiger charge is -2.23. The fourth-order valence-electron chi connectivity index (χ4n) is 3.78. The third-order valence-electron chi connectivity index (χ3n) is 5.58. The molecule has 8 heteroatoms. The van der Waals surface area contributed by atoms with Crippen molar-refractivity contribution in [3.05, 3.63) is 0 Å². The van der Waals surface area contributed by atoms with E-state index < -0.39 is 14.3 Å². The van der Waals surface area contributed by atoms with Crippen LogP contribution in [0, 0.1) is 17.8 Å². The molecule has 0 saturated carbocycles. The zero-order valence-corrected chi connectivity index (χ0v) is 18.6. The smallest absolute Gasteiger partial charge is 0.381 e. The third-order valence-corrected chi connectivity index (χ3v) is 6.39. The van der Waals surface area contributed by atoms with Crippen LogP contribution in [0.2, 0.25) is 0 Å². The predicted molar refractivity (Wildman–Crippen MR) is 105 cm³/mol. The summed E-state index contributed by atoms with van der Waals surface area (Å²) >= 11 is 0. The highest BCUT2D eigenvalue weighted by Gasteiger charge is 2.47. The third kappa shape index (κ3) is 5.97. The van der Waals surface area contributed by atoms with Gasteiger partial charge in [-0.05, 0) is 26.7 Å². The van der Waals surface area contributed by atoms with Crippen molar-refractivity contribution in [1.82, 2.24) is 0 Å². The molecule has 2 radical (unpaired) electrons. The highest BCUT2D eigenvalue weighted by atomic mass is 31.1. The molecule has 0 spiro atoms. The minimum Gasteiger partial charge on any atom is -0.381 e. The molecule has 6 nitrogen and oxygen atoms in total. The molecule has 0 aliphatic carbocycles. The Balaban J connectivity index is 1.81. The van der Waals surface area contributed by atoms with Crippen molar-refractivity contribution in [3.8, 4) is 0 Å². The van der Waals surface area contributed by atoms with E-state index in [-0.39, 0.29) is 55.1 Å². The van der Waals surface area contributed by atoms with E-state index in [1.165, 1.54) is 0 Å². The van der Waals surface area contributed by atoms with E-state index >= 15 is 0 Å². The molecule has 0 amide bonds. The molecule has 9 atom stereocenters. The van der Waals surface area contributed by atoms with E-state index in [0.717, 1.165) is 0 Å². The minimum atomic E-state index is -2.24. The Morgan fingerprint density at radius 3 is 2.30 bits per heavy atom. The van der Waals surface area contributed by atoms with Crippen molar-refractivity contribution in [1.29, 1.82) is 0 Å². The molecule has 27 heavy (non-hydrogen) atoms. The van der Waals surface area contributed by atoms with Crippen LogP contribution < -0.4 is 0 Å². The number of rotatable bonds is 9. The van der Waals surface area contributed by atoms with Gasteiger partial charge >= 0.3 is 8.25 Å². The first-order chi connectivity index (χ1) is 12.6. The second-order valence-electron chi connectivity index (χ2n) is 8.47. The van der Waals surface area contributed by atoms with Gasteiger partial charge in [-0.25, -0.2) is 0 Å². The summed E-state index contributed by atoms with van der Waals surface area (Å²) in [4.78, 5) is 0. The lowest BCUT2D eigenvalue weighted by molar-refractivity contribution is -0.0556. The Labute approximate surface area is 166 Å². The molecule has 2 saturated heterocycles. The van der Waals surface area contributed by atoms with Crippen LogP contribution in [0.25, 0.3) is 0 Å². The number of ether oxygens (including phenoxy) is 3. The molecular formula is C19H35BO6P+. The molecule has 154 valence electrons. The summed E-state index contributed by atoms with van der Waals surface area (Å²) in [5.41, 5.74) is 0. The largest absolute Gasteiger partial charge is 0.697 e. The van der Waals surface area contributed by atoms with Crippen LogP contribution in [-0.2, 0) is 27.8 Å². The summed E-state index contributed by atoms with van der Waals surface area (Å²) in [7, 11) is 3.72. The Morgan fingerprint density at radius 1 is 1.04 bits per heavy atom. The van der Waals surface area contributed by atoms with Crippen LogP contribution in [0.1, 0.15) is 54.9 Å². The zero-order chi connectivity index (χ0) is 20.3. The monoisotopic (exact) mass is 401 g/mol. The van der Waals surface area contributed by atoms with E-state index in [1.807, 2.05) is 34.6 Å². The second kappa shape index (κ2) is 10.1. The maximum Gasteiger partial charge on any atom is 0.697 e. The number of hydrogen-bond acceptors (Lipinski definition) is 6. The summed E-state index contributed by atoms with van der Waals surface area (Å²) in [6, 6.07) is -0.408. The highest BCUT2D eigenvalue weighted by Crippen LogP contribution is 2.39. The van der Waals surface area contributed by atoms with Gasteiger partial charge in [-0.15, -0.1) is 9.05 Å². The average molecular weight is 401 g/mol. The van der Waals surface area contributed by atoms with Gasteiger partial charge in [-0.3, -0.25) is 0 Å². The maximum atomic E-state index is 12.3. The summed E-state index contributed by atoms with van der Waals surface area (Å²) in [6.45, 7) is 14.6. The van der Waals surface area contributed by atoms with Crippen LogP contribution in [0.5, 0.6) is 0 Å². The molecule has 2 heterocycles. The van der Waals surface area contributed by atoms with Crippen LogP contribution in [0.3, 0.4) is 0 Å². The van der Waals surface area contributed by atoms with Gasteiger partial charge < -0.3 is 14.2 Å². The van der Waals surface area contributed by atoms with E-state index in [0.29, 0.717) is 12.3 Å². The molecule has 2 aliphatic rings. The van der Waals surface area contributed by atoms with E-state index in [9.17, 15) is 4.57 Å². The van der Waals surface area contributed by atoms with Gasteiger partial charge in [0.1, 0.15) is 20.6 Å². The van der Waals surface area contributed by atoms with Crippen LogP contribution in [0.15, 0.2) is 0 Å². The molecule has 3 unspecified atom stereocenters. The lowest BCUT2D eigenvalue weighted by atomic mass is 9.85. The predicted octanol–water partition coefficient (Wildman–Crippen LogP) is 3.84. The van der Waals surface area contributed by atoms with Crippen molar-refractivity contribution < 1.29 is 27.8 Å². The Morgan fingerprint density at radius 2 is 1.70 bits per heavy atom. The molecule has 0 bridgehead atoms. The molecule has 0 N–H and O–H groups in total. The fourth-order valence-corrected chi connectivity index (χ4v) is 4.60. The van der Waals surface area contributed by atoms with E-state index in [1.54, 1.807) is 0 Å². The van der Waals surface area contributed by atoms with Gasteiger partial charge in [0.05, 0.1) is 30.5 Å². The molecular weight excluding hydrogens is 366 g/mol. The maximum absolute atomic E-state index is 12.3. The molecule has 0 aromatic heterocycles. The van der Waals surface area contributed by atoms with Gasteiger partial charge in [-0.2, -0.15) is 0 Å². The lowest BCUT2D eigenvalue weighted by Crippen LogP contribution is -2.32. The van der Waals surface area contributed by atoms with E-state index in [4.69, 9.17) is 31.1 Å². The van der Waals surface area contributed by atoms with Crippen molar-refractivity contribution in [2.45, 2.75) is 97.5 Å². The fraction of sp³-hybridized carbons (Fsp3) is 1.00. The van der Waals surface area contributed by atoms with Crippen molar-refractivity contribution >= 4 is 16.1 Å². The molecule has 2 aliphatic heterocycles. The first kappa shape index (κ1) is 23.2. The molecule has 0 aromatic carbocycles. The summed E-state index contributed by atoms with van der Waals surface area (Å²) in [6.07, 6.45) is 0.328. The normalized spacial score (nSPS) is 40.3. The highest BCUT2D eigenvalue weighted by molar-refractivity contribution is 7.33. The van der Waals surface area contributed by atoms with Crippen LogP contribution >= 0.6 is 8.25 Å². The summed E-state index contributed by atoms with van der Waals surface area (Å²) < 4.78 is 41.2. The summed E-state index contributed by atoms with van der Waals surface area (Å²) in [5, 5.41) is 0. The van der Waals surface area contributed by atoms with Crippen molar-refractivity contribution in [3.63, 3.8) is 0 Å². The molecule has 2 rings (SSSR count). The van der Waals surface area contributed by atoms with Crippen molar-refractivity contribution in [2.24, 2.45) is 17.8 Å². The minimum absolute atomic E-state index is 0.0222. The van der Waals surface area contributed by atoms with Crippen LogP contribution in [-0.4, -0.2) is 57.1 Å². The van der Waals surface area contributed by atoms with Crippen LogP contribution in [0.4, 0.5) is 0 Å². The topological polar surface area (TPSA) is 63.2 Å². The summed E-state index contributed by atoms with van der Waals surface area (Å²) in [5.74, 6) is 0.494. The second-order valence-corrected chi connectivity index (χ2v) is 9.39. The van der Waals surface area contributed by atoms with Gasteiger partial charge in [0, 0.05) is 28.8 Å². The van der Waals surface area contributed by atoms with Crippen molar-refractivity contribution in [2.75, 3.05) is 6.61 Å². The Bertz CT molecular complexity index is 491. The van der Waals surface area contributed by atoms with Gasteiger partial charge in [0.2, 0.25) is 0 Å². The Hall–Kier alpha value is -0.0351. The average Bonchev–Trinajstić information content (AvgIpc) is 3.00. The van der Waals surface area contributed by atoms with Gasteiger partial charge in [0.15, 0.2) is 0 Å². The van der Waals surface area contributed by atoms with E-state index in [2.05, 4.69) is 13.8 Å². The van der Waals surface area contributed by atoms with Gasteiger partial charge in [0.25, 0.3) is 0 Å². The molecule has 2 fully saturated rings.